The first kappa shape index (κ1) is 8.71. The highest BCUT2D eigenvalue weighted by molar-refractivity contribution is 5.86. The molecule has 0 aliphatic heterocycles. The number of aliphatic carboxylic acids is 1. The van der Waals surface area contributed by atoms with Crippen LogP contribution in [-0.2, 0) is 9.68 Å². The second-order valence-electron chi connectivity index (χ2n) is 1.55. The van der Waals surface area contributed by atoms with Gasteiger partial charge in [-0.05, 0) is 0 Å². The first-order valence-electron chi connectivity index (χ1n) is 2.55. The summed E-state index contributed by atoms with van der Waals surface area (Å²) in [5.41, 5.74) is -0.0440. The fraction of sp³-hybridized carbons (Fsp3) is 0.167. The second-order valence-corrected chi connectivity index (χ2v) is 1.55. The molecule has 0 heterocycles. The number of carboxylic acid groups (broad SMARTS) is 1. The Balaban J connectivity index is 4.10. The Morgan fingerprint density at radius 1 is 1.70 bits per heavy atom. The van der Waals surface area contributed by atoms with Crippen molar-refractivity contribution in [1.82, 2.24) is 0 Å². The van der Waals surface area contributed by atoms with Gasteiger partial charge in [0.1, 0.15) is 6.26 Å². The van der Waals surface area contributed by atoms with Crippen LogP contribution in [0, 0.1) is 0 Å². The van der Waals surface area contributed by atoms with Crippen LogP contribution in [0.3, 0.4) is 0 Å². The molecule has 0 aliphatic carbocycles. The Morgan fingerprint density at radius 2 is 2.30 bits per heavy atom. The van der Waals surface area contributed by atoms with Crippen molar-refractivity contribution in [3.8, 4) is 0 Å². The van der Waals surface area contributed by atoms with E-state index in [2.05, 4.69) is 11.5 Å². The molecule has 2 N–H and O–H groups in total. The van der Waals surface area contributed by atoms with Gasteiger partial charge in [0, 0.05) is 6.42 Å². The summed E-state index contributed by atoms with van der Waals surface area (Å²) >= 11 is 0. The summed E-state index contributed by atoms with van der Waals surface area (Å²) in [5.74, 6) is -1.13. The zero-order valence-electron chi connectivity index (χ0n) is 5.28. The molecule has 4 nitrogen and oxygen atoms in total. The van der Waals surface area contributed by atoms with Crippen molar-refractivity contribution >= 4 is 5.97 Å². The molecule has 0 bridgehead atoms. The van der Waals surface area contributed by atoms with Crippen molar-refractivity contribution in [1.29, 1.82) is 0 Å². The predicted molar refractivity (Wildman–Crippen MR) is 34.2 cm³/mol. The molecule has 0 aromatic rings. The number of hydrogen-bond donors (Lipinski definition) is 2. The van der Waals surface area contributed by atoms with E-state index in [-0.39, 0.29) is 12.0 Å². The van der Waals surface area contributed by atoms with Crippen LogP contribution in [-0.4, -0.2) is 16.3 Å². The monoisotopic (exact) mass is 144 g/mol. The third-order valence-corrected chi connectivity index (χ3v) is 0.834. The van der Waals surface area contributed by atoms with Crippen molar-refractivity contribution in [3.05, 3.63) is 24.5 Å². The highest BCUT2D eigenvalue weighted by atomic mass is 17.1. The van der Waals surface area contributed by atoms with E-state index in [9.17, 15) is 4.79 Å². The molecule has 0 saturated heterocycles. The van der Waals surface area contributed by atoms with Crippen LogP contribution in [0.1, 0.15) is 6.42 Å². The molecule has 0 spiro atoms. The second kappa shape index (κ2) is 4.58. The molecule has 0 rings (SSSR count). The molecular formula is C6H8O4. The summed E-state index contributed by atoms with van der Waals surface area (Å²) < 4.78 is 0. The van der Waals surface area contributed by atoms with Gasteiger partial charge in [-0.25, -0.2) is 10.1 Å². The van der Waals surface area contributed by atoms with E-state index in [0.717, 1.165) is 6.26 Å². The van der Waals surface area contributed by atoms with Gasteiger partial charge in [0.05, 0.1) is 5.57 Å². The lowest BCUT2D eigenvalue weighted by molar-refractivity contribution is -0.188. The van der Waals surface area contributed by atoms with Gasteiger partial charge in [-0.2, -0.15) is 0 Å². The third-order valence-electron chi connectivity index (χ3n) is 0.834. The van der Waals surface area contributed by atoms with Crippen LogP contribution in [0.2, 0.25) is 0 Å². The number of rotatable bonds is 4. The molecule has 0 atom stereocenters. The fourth-order valence-corrected chi connectivity index (χ4v) is 0.405. The Labute approximate surface area is 58.0 Å². The normalized spacial score (nSPS) is 10.7. The van der Waals surface area contributed by atoms with Crippen LogP contribution in [0.15, 0.2) is 24.5 Å². The SMILES string of the molecule is C=CCC(=COO)C(=O)O. The maximum atomic E-state index is 10.2. The fourth-order valence-electron chi connectivity index (χ4n) is 0.405. The quantitative estimate of drug-likeness (QED) is 0.203. The van der Waals surface area contributed by atoms with Gasteiger partial charge in [0.2, 0.25) is 0 Å². The minimum atomic E-state index is -1.13. The first-order valence-corrected chi connectivity index (χ1v) is 2.55. The number of carboxylic acids is 1. The van der Waals surface area contributed by atoms with Gasteiger partial charge >= 0.3 is 5.97 Å². The van der Waals surface area contributed by atoms with Crippen molar-refractivity contribution in [2.24, 2.45) is 0 Å². The molecule has 0 amide bonds. The van der Waals surface area contributed by atoms with Crippen molar-refractivity contribution < 1.29 is 20.0 Å². The molecule has 0 aliphatic rings. The standard InChI is InChI=1S/C6H8O4/c1-2-3-5(4-10-9)6(7)8/h2,4,9H,1,3H2,(H,7,8). The van der Waals surface area contributed by atoms with Crippen LogP contribution < -0.4 is 0 Å². The average Bonchev–Trinajstić information content (AvgIpc) is 1.87. The molecule has 0 radical (unpaired) electrons. The molecule has 0 fully saturated rings. The molecular weight excluding hydrogens is 136 g/mol. The zero-order valence-corrected chi connectivity index (χ0v) is 5.28. The number of allylic oxidation sites excluding steroid dienone is 1. The molecule has 10 heavy (non-hydrogen) atoms. The van der Waals surface area contributed by atoms with Crippen LogP contribution in [0.5, 0.6) is 0 Å². The maximum absolute atomic E-state index is 10.2. The molecule has 4 heteroatoms. The number of carbonyl (C=O) groups is 1. The van der Waals surface area contributed by atoms with Crippen LogP contribution in [0.25, 0.3) is 0 Å². The van der Waals surface area contributed by atoms with Gasteiger partial charge in [-0.15, -0.1) is 6.58 Å². The molecule has 0 unspecified atom stereocenters. The van der Waals surface area contributed by atoms with Crippen LogP contribution in [0.4, 0.5) is 0 Å². The first-order chi connectivity index (χ1) is 4.72. The van der Waals surface area contributed by atoms with E-state index in [1.54, 1.807) is 0 Å². The minimum absolute atomic E-state index is 0.0440. The summed E-state index contributed by atoms with van der Waals surface area (Å²) in [6.07, 6.45) is 2.32. The van der Waals surface area contributed by atoms with E-state index < -0.39 is 5.97 Å². The van der Waals surface area contributed by atoms with Gasteiger partial charge in [0.25, 0.3) is 0 Å². The van der Waals surface area contributed by atoms with E-state index in [0.29, 0.717) is 0 Å². The predicted octanol–water partition coefficient (Wildman–Crippen LogP) is 1.02. The Bertz CT molecular complexity index is 159. The largest absolute Gasteiger partial charge is 0.478 e. The Morgan fingerprint density at radius 3 is 2.60 bits per heavy atom. The topological polar surface area (TPSA) is 66.8 Å². The summed E-state index contributed by atoms with van der Waals surface area (Å²) in [6, 6.07) is 0. The lowest BCUT2D eigenvalue weighted by Crippen LogP contribution is -1.99. The van der Waals surface area contributed by atoms with Crippen LogP contribution >= 0.6 is 0 Å². The molecule has 0 aromatic carbocycles. The highest BCUT2D eigenvalue weighted by Gasteiger charge is 2.04. The smallest absolute Gasteiger partial charge is 0.335 e. The summed E-state index contributed by atoms with van der Waals surface area (Å²) in [7, 11) is 0. The van der Waals surface area contributed by atoms with Crippen molar-refractivity contribution in [2.45, 2.75) is 6.42 Å². The Hall–Kier alpha value is -1.29. The zero-order chi connectivity index (χ0) is 7.98. The maximum Gasteiger partial charge on any atom is 0.335 e. The highest BCUT2D eigenvalue weighted by Crippen LogP contribution is 2.00. The minimum Gasteiger partial charge on any atom is -0.478 e. The molecule has 0 saturated carbocycles. The Kier molecular flexibility index (Phi) is 3.99. The lowest BCUT2D eigenvalue weighted by atomic mass is 10.2. The average molecular weight is 144 g/mol. The summed E-state index contributed by atoms with van der Waals surface area (Å²) in [5, 5.41) is 16.2. The lowest BCUT2D eigenvalue weighted by Gasteiger charge is -1.93. The molecule has 0 aromatic heterocycles. The van der Waals surface area contributed by atoms with Gasteiger partial charge < -0.3 is 9.99 Å². The third kappa shape index (κ3) is 2.88. The summed E-state index contributed by atoms with van der Waals surface area (Å²) in [6.45, 7) is 3.32. The molecule has 56 valence electrons. The summed E-state index contributed by atoms with van der Waals surface area (Å²) in [4.78, 5) is 13.7. The van der Waals surface area contributed by atoms with E-state index in [1.807, 2.05) is 0 Å². The van der Waals surface area contributed by atoms with E-state index >= 15 is 0 Å². The van der Waals surface area contributed by atoms with Crippen molar-refractivity contribution in [3.63, 3.8) is 0 Å². The number of hydrogen-bond acceptors (Lipinski definition) is 3. The van der Waals surface area contributed by atoms with E-state index in [4.69, 9.17) is 10.4 Å². The van der Waals surface area contributed by atoms with E-state index in [1.165, 1.54) is 6.08 Å². The van der Waals surface area contributed by atoms with Gasteiger partial charge in [-0.3, -0.25) is 0 Å². The van der Waals surface area contributed by atoms with Gasteiger partial charge in [0.15, 0.2) is 0 Å². The van der Waals surface area contributed by atoms with Gasteiger partial charge in [-0.1, -0.05) is 6.08 Å². The van der Waals surface area contributed by atoms with Crippen molar-refractivity contribution in [2.75, 3.05) is 0 Å².